The Bertz CT molecular complexity index is 251. The first-order chi connectivity index (χ1) is 7.34. The Balaban J connectivity index is 2.41. The largest absolute Gasteiger partial charge is 0.353 e. The van der Waals surface area contributed by atoms with Gasteiger partial charge in [0.25, 0.3) is 0 Å². The van der Waals surface area contributed by atoms with Gasteiger partial charge in [0.05, 0.1) is 6.04 Å². The average molecular weight is 227 g/mol. The molecule has 0 spiro atoms. The standard InChI is InChI=1S/C12H25N3O/c1-9-6-7-13-10(9)11(16)14-8-12(2,3)15(4)5/h9-10,13H,6-8H2,1-5H3,(H,14,16). The monoisotopic (exact) mass is 227 g/mol. The van der Waals surface area contributed by atoms with Crippen LogP contribution in [0.3, 0.4) is 0 Å². The number of carbonyl (C=O) groups is 1. The minimum Gasteiger partial charge on any atom is -0.353 e. The van der Waals surface area contributed by atoms with E-state index in [9.17, 15) is 4.79 Å². The summed E-state index contributed by atoms with van der Waals surface area (Å²) in [6.45, 7) is 8.01. The van der Waals surface area contributed by atoms with Gasteiger partial charge in [0.1, 0.15) is 0 Å². The third-order valence-corrected chi connectivity index (χ3v) is 3.72. The Kier molecular flexibility index (Phi) is 4.33. The fourth-order valence-corrected chi connectivity index (χ4v) is 1.76. The normalized spacial score (nSPS) is 26.1. The molecule has 1 aliphatic rings. The minimum atomic E-state index is -0.00248. The fourth-order valence-electron chi connectivity index (χ4n) is 1.76. The predicted molar refractivity (Wildman–Crippen MR) is 66.3 cm³/mol. The third kappa shape index (κ3) is 3.19. The van der Waals surface area contributed by atoms with E-state index in [4.69, 9.17) is 0 Å². The molecule has 0 aromatic rings. The number of hydrogen-bond acceptors (Lipinski definition) is 3. The molecule has 0 aliphatic carbocycles. The van der Waals surface area contributed by atoms with Crippen LogP contribution in [-0.4, -0.2) is 49.6 Å². The second-order valence-corrected chi connectivity index (χ2v) is 5.62. The van der Waals surface area contributed by atoms with Crippen molar-refractivity contribution in [2.45, 2.75) is 38.8 Å². The van der Waals surface area contributed by atoms with Gasteiger partial charge in [-0.2, -0.15) is 0 Å². The number of rotatable bonds is 4. The van der Waals surface area contributed by atoms with Crippen LogP contribution in [0.25, 0.3) is 0 Å². The molecule has 0 bridgehead atoms. The van der Waals surface area contributed by atoms with Gasteiger partial charge in [0.15, 0.2) is 0 Å². The van der Waals surface area contributed by atoms with E-state index in [0.717, 1.165) is 13.0 Å². The molecule has 0 aromatic heterocycles. The second kappa shape index (κ2) is 5.15. The molecule has 2 N–H and O–H groups in total. The Hall–Kier alpha value is -0.610. The minimum absolute atomic E-state index is 0.00189. The van der Waals surface area contributed by atoms with Gasteiger partial charge in [-0.1, -0.05) is 6.92 Å². The lowest BCUT2D eigenvalue weighted by Gasteiger charge is -2.33. The maximum Gasteiger partial charge on any atom is 0.237 e. The molecule has 2 unspecified atom stereocenters. The number of nitrogens with one attached hydrogen (secondary N) is 2. The first-order valence-corrected chi connectivity index (χ1v) is 6.03. The SMILES string of the molecule is CC1CCNC1C(=O)NCC(C)(C)N(C)C. The van der Waals surface area contributed by atoms with Crippen molar-refractivity contribution in [2.24, 2.45) is 5.92 Å². The number of hydrogen-bond donors (Lipinski definition) is 2. The molecule has 1 rings (SSSR count). The lowest BCUT2D eigenvalue weighted by Crippen LogP contribution is -2.52. The van der Waals surface area contributed by atoms with Crippen molar-refractivity contribution in [3.63, 3.8) is 0 Å². The fraction of sp³-hybridized carbons (Fsp3) is 0.917. The smallest absolute Gasteiger partial charge is 0.237 e. The van der Waals surface area contributed by atoms with E-state index in [2.05, 4.69) is 36.3 Å². The zero-order valence-corrected chi connectivity index (χ0v) is 11.1. The van der Waals surface area contributed by atoms with Crippen molar-refractivity contribution in [3.8, 4) is 0 Å². The third-order valence-electron chi connectivity index (χ3n) is 3.72. The van der Waals surface area contributed by atoms with E-state index in [1.807, 2.05) is 14.1 Å². The molecule has 1 fully saturated rings. The molecule has 94 valence electrons. The Morgan fingerprint density at radius 3 is 2.56 bits per heavy atom. The Labute approximate surface area is 98.8 Å². The summed E-state index contributed by atoms with van der Waals surface area (Å²) in [5, 5.41) is 6.28. The van der Waals surface area contributed by atoms with E-state index in [-0.39, 0.29) is 17.5 Å². The van der Waals surface area contributed by atoms with Crippen molar-refractivity contribution in [3.05, 3.63) is 0 Å². The van der Waals surface area contributed by atoms with Crippen molar-refractivity contribution >= 4 is 5.91 Å². The van der Waals surface area contributed by atoms with Crippen LogP contribution in [0.15, 0.2) is 0 Å². The summed E-state index contributed by atoms with van der Waals surface area (Å²) in [4.78, 5) is 14.1. The van der Waals surface area contributed by atoms with E-state index < -0.39 is 0 Å². The lowest BCUT2D eigenvalue weighted by molar-refractivity contribution is -0.124. The molecular formula is C12H25N3O. The number of carbonyl (C=O) groups excluding carboxylic acids is 1. The highest BCUT2D eigenvalue weighted by Crippen LogP contribution is 2.15. The van der Waals surface area contributed by atoms with E-state index in [1.165, 1.54) is 0 Å². The summed E-state index contributed by atoms with van der Waals surface area (Å²) < 4.78 is 0. The van der Waals surface area contributed by atoms with Crippen LogP contribution in [0.5, 0.6) is 0 Å². The van der Waals surface area contributed by atoms with Gasteiger partial charge in [-0.05, 0) is 46.8 Å². The summed E-state index contributed by atoms with van der Waals surface area (Å²) in [5.74, 6) is 0.586. The summed E-state index contributed by atoms with van der Waals surface area (Å²) in [7, 11) is 4.06. The van der Waals surface area contributed by atoms with E-state index >= 15 is 0 Å². The van der Waals surface area contributed by atoms with Crippen LogP contribution in [0.2, 0.25) is 0 Å². The van der Waals surface area contributed by atoms with Crippen LogP contribution in [0, 0.1) is 5.92 Å². The number of nitrogens with zero attached hydrogens (tertiary/aromatic N) is 1. The molecular weight excluding hydrogens is 202 g/mol. The molecule has 16 heavy (non-hydrogen) atoms. The van der Waals surface area contributed by atoms with Crippen LogP contribution < -0.4 is 10.6 Å². The van der Waals surface area contributed by atoms with Gasteiger partial charge < -0.3 is 15.5 Å². The van der Waals surface area contributed by atoms with Gasteiger partial charge in [-0.15, -0.1) is 0 Å². The molecule has 1 aliphatic heterocycles. The van der Waals surface area contributed by atoms with Crippen LogP contribution >= 0.6 is 0 Å². The highest BCUT2D eigenvalue weighted by Gasteiger charge is 2.30. The molecule has 2 atom stereocenters. The maximum atomic E-state index is 11.9. The number of likely N-dealkylation sites (N-methyl/N-ethyl adjacent to an activating group) is 1. The molecule has 0 saturated carbocycles. The topological polar surface area (TPSA) is 44.4 Å². The van der Waals surface area contributed by atoms with Crippen LogP contribution in [0.4, 0.5) is 0 Å². The van der Waals surface area contributed by atoms with Crippen molar-refractivity contribution in [2.75, 3.05) is 27.2 Å². The van der Waals surface area contributed by atoms with Gasteiger partial charge in [0.2, 0.25) is 5.91 Å². The van der Waals surface area contributed by atoms with Gasteiger partial charge in [-0.3, -0.25) is 4.79 Å². The quantitative estimate of drug-likeness (QED) is 0.732. The Morgan fingerprint density at radius 1 is 1.50 bits per heavy atom. The summed E-state index contributed by atoms with van der Waals surface area (Å²) >= 11 is 0. The Morgan fingerprint density at radius 2 is 2.12 bits per heavy atom. The molecule has 4 heteroatoms. The molecule has 4 nitrogen and oxygen atoms in total. The molecule has 1 heterocycles. The second-order valence-electron chi connectivity index (χ2n) is 5.62. The molecule has 1 saturated heterocycles. The van der Waals surface area contributed by atoms with Gasteiger partial charge >= 0.3 is 0 Å². The zero-order chi connectivity index (χ0) is 12.3. The number of amides is 1. The summed E-state index contributed by atoms with van der Waals surface area (Å²) in [6, 6.07) is -0.00189. The molecule has 0 radical (unpaired) electrons. The highest BCUT2D eigenvalue weighted by molar-refractivity contribution is 5.82. The first-order valence-electron chi connectivity index (χ1n) is 6.03. The average Bonchev–Trinajstić information content (AvgIpc) is 2.61. The zero-order valence-electron chi connectivity index (χ0n) is 11.1. The summed E-state index contributed by atoms with van der Waals surface area (Å²) in [6.07, 6.45) is 1.09. The van der Waals surface area contributed by atoms with E-state index in [1.54, 1.807) is 0 Å². The van der Waals surface area contributed by atoms with Crippen molar-refractivity contribution < 1.29 is 4.79 Å². The van der Waals surface area contributed by atoms with E-state index in [0.29, 0.717) is 12.5 Å². The lowest BCUT2D eigenvalue weighted by atomic mass is 10.0. The van der Waals surface area contributed by atoms with Gasteiger partial charge in [0, 0.05) is 12.1 Å². The first kappa shape index (κ1) is 13.5. The maximum absolute atomic E-state index is 11.9. The predicted octanol–water partition coefficient (Wildman–Crippen LogP) is 0.441. The highest BCUT2D eigenvalue weighted by atomic mass is 16.2. The summed E-state index contributed by atoms with van der Waals surface area (Å²) in [5.41, 5.74) is -0.00248. The van der Waals surface area contributed by atoms with Crippen molar-refractivity contribution in [1.82, 2.24) is 15.5 Å². The van der Waals surface area contributed by atoms with Crippen LogP contribution in [0.1, 0.15) is 27.2 Å². The van der Waals surface area contributed by atoms with Crippen molar-refractivity contribution in [1.29, 1.82) is 0 Å². The van der Waals surface area contributed by atoms with Crippen LogP contribution in [-0.2, 0) is 4.79 Å². The molecule has 1 amide bonds. The van der Waals surface area contributed by atoms with Gasteiger partial charge in [-0.25, -0.2) is 0 Å². The molecule has 0 aromatic carbocycles.